The van der Waals surface area contributed by atoms with E-state index in [9.17, 15) is 14.0 Å². The molecular weight excluding hydrogens is 349 g/mol. The average molecular weight is 372 g/mol. The molecule has 2 amide bonds. The number of nitrogens with one attached hydrogen (secondary N) is 1. The van der Waals surface area contributed by atoms with Crippen molar-refractivity contribution in [1.29, 1.82) is 0 Å². The number of piperazine rings is 1. The first-order valence-electron chi connectivity index (χ1n) is 8.30. The van der Waals surface area contributed by atoms with E-state index in [0.717, 1.165) is 0 Å². The average Bonchev–Trinajstić information content (AvgIpc) is 2.59. The van der Waals surface area contributed by atoms with Crippen LogP contribution in [0, 0.1) is 5.82 Å². The topological polar surface area (TPSA) is 72.9 Å². The summed E-state index contributed by atoms with van der Waals surface area (Å²) >= 11 is 5.70. The quantitative estimate of drug-likeness (QED) is 0.750. The van der Waals surface area contributed by atoms with E-state index in [0.29, 0.717) is 31.7 Å². The van der Waals surface area contributed by atoms with Gasteiger partial charge in [0.15, 0.2) is 0 Å². The van der Waals surface area contributed by atoms with E-state index in [4.69, 9.17) is 16.7 Å². The Bertz CT molecular complexity index is 629. The molecule has 0 unspecified atom stereocenters. The summed E-state index contributed by atoms with van der Waals surface area (Å²) in [5.74, 6) is -0.909. The molecule has 6 nitrogen and oxygen atoms in total. The minimum Gasteiger partial charge on any atom is -0.395 e. The summed E-state index contributed by atoms with van der Waals surface area (Å²) in [4.78, 5) is 28.0. The van der Waals surface area contributed by atoms with Gasteiger partial charge in [0, 0.05) is 32.7 Å². The first-order chi connectivity index (χ1) is 12.0. The number of carbonyl (C=O) groups is 2. The lowest BCUT2D eigenvalue weighted by Gasteiger charge is -2.35. The lowest BCUT2D eigenvalue weighted by atomic mass is 10.1. The van der Waals surface area contributed by atoms with Crippen molar-refractivity contribution in [3.63, 3.8) is 0 Å². The van der Waals surface area contributed by atoms with Crippen molar-refractivity contribution in [2.24, 2.45) is 0 Å². The van der Waals surface area contributed by atoms with Crippen LogP contribution in [0.1, 0.15) is 18.9 Å². The van der Waals surface area contributed by atoms with Crippen LogP contribution >= 0.6 is 11.6 Å². The lowest BCUT2D eigenvalue weighted by molar-refractivity contribution is -0.139. The van der Waals surface area contributed by atoms with Crippen LogP contribution in [0.15, 0.2) is 18.2 Å². The molecule has 138 valence electrons. The van der Waals surface area contributed by atoms with Gasteiger partial charge in [-0.2, -0.15) is 0 Å². The van der Waals surface area contributed by atoms with Crippen LogP contribution in [0.3, 0.4) is 0 Å². The maximum absolute atomic E-state index is 13.6. The third-order valence-corrected chi connectivity index (χ3v) is 4.59. The van der Waals surface area contributed by atoms with Gasteiger partial charge >= 0.3 is 0 Å². The summed E-state index contributed by atoms with van der Waals surface area (Å²) in [6.07, 6.45) is 0.0236. The second kappa shape index (κ2) is 9.12. The van der Waals surface area contributed by atoms with Gasteiger partial charge < -0.3 is 15.3 Å². The van der Waals surface area contributed by atoms with Crippen molar-refractivity contribution in [2.75, 3.05) is 32.8 Å². The molecule has 0 aliphatic carbocycles. The van der Waals surface area contributed by atoms with Crippen molar-refractivity contribution in [3.8, 4) is 0 Å². The molecule has 0 aromatic heterocycles. The van der Waals surface area contributed by atoms with Crippen LogP contribution in [0.4, 0.5) is 4.39 Å². The van der Waals surface area contributed by atoms with Gasteiger partial charge in [-0.25, -0.2) is 4.39 Å². The molecule has 8 heteroatoms. The summed E-state index contributed by atoms with van der Waals surface area (Å²) in [7, 11) is 0. The van der Waals surface area contributed by atoms with E-state index >= 15 is 0 Å². The number of hydrogen-bond donors (Lipinski definition) is 2. The second-order valence-electron chi connectivity index (χ2n) is 5.93. The first-order valence-corrected chi connectivity index (χ1v) is 8.68. The molecule has 1 aromatic carbocycles. The monoisotopic (exact) mass is 371 g/mol. The van der Waals surface area contributed by atoms with Gasteiger partial charge in [-0.05, 0) is 24.6 Å². The number of aliphatic hydroxyl groups is 1. The van der Waals surface area contributed by atoms with Crippen molar-refractivity contribution < 1.29 is 19.1 Å². The molecule has 1 aliphatic rings. The van der Waals surface area contributed by atoms with Crippen molar-refractivity contribution in [3.05, 3.63) is 34.6 Å². The summed E-state index contributed by atoms with van der Waals surface area (Å²) in [5, 5.41) is 11.9. The molecule has 1 atom stereocenters. The standard InChI is InChI=1S/C17H23ClFN3O3/c1-2-21(7-8-23)16(24)10-15-17(25)20-5-6-22(15)11-12-3-4-13(18)14(19)9-12/h3-4,9,15,23H,2,5-8,10-11H2,1H3,(H,20,25)/t15-/m0/s1. The Morgan fingerprint density at radius 3 is 2.92 bits per heavy atom. The molecule has 1 saturated heterocycles. The summed E-state index contributed by atoms with van der Waals surface area (Å²) in [6, 6.07) is 3.92. The number of nitrogens with zero attached hydrogens (tertiary/aromatic N) is 2. The number of benzene rings is 1. The maximum atomic E-state index is 13.6. The van der Waals surface area contributed by atoms with Crippen LogP contribution in [0.5, 0.6) is 0 Å². The van der Waals surface area contributed by atoms with Gasteiger partial charge in [-0.1, -0.05) is 17.7 Å². The summed E-state index contributed by atoms with van der Waals surface area (Å²) in [6.45, 7) is 3.81. The highest BCUT2D eigenvalue weighted by molar-refractivity contribution is 6.30. The third-order valence-electron chi connectivity index (χ3n) is 4.28. The summed E-state index contributed by atoms with van der Waals surface area (Å²) < 4.78 is 13.6. The number of carbonyl (C=O) groups excluding carboxylic acids is 2. The Labute approximate surface area is 151 Å². The lowest BCUT2D eigenvalue weighted by Crippen LogP contribution is -2.56. The van der Waals surface area contributed by atoms with E-state index in [2.05, 4.69) is 5.32 Å². The van der Waals surface area contributed by atoms with Crippen molar-refractivity contribution in [2.45, 2.75) is 25.9 Å². The van der Waals surface area contributed by atoms with E-state index in [1.165, 1.54) is 17.0 Å². The normalized spacial score (nSPS) is 18.1. The van der Waals surface area contributed by atoms with Gasteiger partial charge in [0.25, 0.3) is 0 Å². The zero-order valence-corrected chi connectivity index (χ0v) is 14.9. The van der Waals surface area contributed by atoms with E-state index in [1.807, 2.05) is 11.8 Å². The Morgan fingerprint density at radius 2 is 2.28 bits per heavy atom. The fraction of sp³-hybridized carbons (Fsp3) is 0.529. The predicted molar refractivity (Wildman–Crippen MR) is 92.6 cm³/mol. The maximum Gasteiger partial charge on any atom is 0.237 e. The third kappa shape index (κ3) is 5.14. The minimum atomic E-state index is -0.618. The number of amides is 2. The van der Waals surface area contributed by atoms with Crippen LogP contribution < -0.4 is 5.32 Å². The highest BCUT2D eigenvalue weighted by Gasteiger charge is 2.32. The molecule has 0 radical (unpaired) electrons. The molecule has 1 aromatic rings. The number of aliphatic hydroxyl groups excluding tert-OH is 1. The second-order valence-corrected chi connectivity index (χ2v) is 6.33. The molecule has 0 saturated carbocycles. The molecule has 1 fully saturated rings. The number of rotatable bonds is 7. The Kier molecular flexibility index (Phi) is 7.16. The Balaban J connectivity index is 2.10. The highest BCUT2D eigenvalue weighted by Crippen LogP contribution is 2.19. The van der Waals surface area contributed by atoms with Crippen LogP contribution in [-0.2, 0) is 16.1 Å². The van der Waals surface area contributed by atoms with Crippen molar-refractivity contribution in [1.82, 2.24) is 15.1 Å². The first kappa shape index (κ1) is 19.6. The summed E-state index contributed by atoms with van der Waals surface area (Å²) in [5.41, 5.74) is 0.691. The Hall–Kier alpha value is -1.70. The molecule has 2 N–H and O–H groups in total. The fourth-order valence-corrected chi connectivity index (χ4v) is 3.04. The zero-order valence-electron chi connectivity index (χ0n) is 14.2. The Morgan fingerprint density at radius 1 is 1.52 bits per heavy atom. The van der Waals surface area contributed by atoms with Crippen LogP contribution in [-0.4, -0.2) is 65.5 Å². The number of halogens is 2. The smallest absolute Gasteiger partial charge is 0.237 e. The minimum absolute atomic E-state index is 0.0236. The van der Waals surface area contributed by atoms with Crippen LogP contribution in [0.2, 0.25) is 5.02 Å². The number of hydrogen-bond acceptors (Lipinski definition) is 4. The van der Waals surface area contributed by atoms with Gasteiger partial charge in [-0.15, -0.1) is 0 Å². The van der Waals surface area contributed by atoms with E-state index in [-0.39, 0.29) is 36.4 Å². The van der Waals surface area contributed by atoms with E-state index < -0.39 is 11.9 Å². The molecule has 0 bridgehead atoms. The highest BCUT2D eigenvalue weighted by atomic mass is 35.5. The predicted octanol–water partition coefficient (Wildman–Crippen LogP) is 1.01. The SMILES string of the molecule is CCN(CCO)C(=O)C[C@H]1C(=O)NCCN1Cc1ccc(Cl)c(F)c1. The zero-order chi connectivity index (χ0) is 18.4. The molecule has 25 heavy (non-hydrogen) atoms. The fourth-order valence-electron chi connectivity index (χ4n) is 2.92. The molecular formula is C17H23ClFN3O3. The van der Waals surface area contributed by atoms with Gasteiger partial charge in [0.2, 0.25) is 11.8 Å². The van der Waals surface area contributed by atoms with Gasteiger partial charge in [0.05, 0.1) is 24.1 Å². The molecule has 1 aliphatic heterocycles. The van der Waals surface area contributed by atoms with Crippen LogP contribution in [0.25, 0.3) is 0 Å². The van der Waals surface area contributed by atoms with Gasteiger partial charge in [-0.3, -0.25) is 14.5 Å². The molecule has 1 heterocycles. The van der Waals surface area contributed by atoms with Crippen molar-refractivity contribution >= 4 is 23.4 Å². The van der Waals surface area contributed by atoms with E-state index in [1.54, 1.807) is 6.07 Å². The number of likely N-dealkylation sites (N-methyl/N-ethyl adjacent to an activating group) is 1. The molecule has 0 spiro atoms. The largest absolute Gasteiger partial charge is 0.395 e. The van der Waals surface area contributed by atoms with Gasteiger partial charge in [0.1, 0.15) is 5.82 Å². The molecule has 2 rings (SSSR count).